The Labute approximate surface area is 347 Å². The first-order chi connectivity index (χ1) is 29.2. The smallest absolute Gasteiger partial charge is 0.247 e. The minimum Gasteiger partial charge on any atom is -0.311 e. The molecule has 0 atom stereocenters. The lowest BCUT2D eigenvalue weighted by molar-refractivity contribution is 1.26. The van der Waals surface area contributed by atoms with Crippen LogP contribution in [-0.2, 0) is 0 Å². The Hall–Kier alpha value is -7.29. The molecule has 11 rings (SSSR count). The van der Waals surface area contributed by atoms with Gasteiger partial charge in [-0.25, -0.2) is 0 Å². The fraction of sp³-hybridized carbons (Fsp3) is 0.0182. The highest BCUT2D eigenvalue weighted by Gasteiger charge is 2.42. The van der Waals surface area contributed by atoms with Crippen LogP contribution in [0.2, 0.25) is 0 Å². The fourth-order valence-electron chi connectivity index (χ4n) is 9.72. The van der Waals surface area contributed by atoms with Crippen molar-refractivity contribution in [3.05, 3.63) is 230 Å². The molecule has 0 saturated carbocycles. The number of aryl methyl sites for hydroxylation is 1. The fourth-order valence-corrected chi connectivity index (χ4v) is 9.72. The van der Waals surface area contributed by atoms with Crippen LogP contribution in [0, 0.1) is 6.92 Å². The molecule has 2 aliphatic heterocycles. The van der Waals surface area contributed by atoms with E-state index in [0.717, 1.165) is 11.4 Å². The summed E-state index contributed by atoms with van der Waals surface area (Å²) < 4.78 is 0. The SMILES string of the molecule is Cc1ccc2c(c1)N(c1ccccc1)c1cc3c(cc1B2c1ccccc1-c1ccccc1)B(c1ccccc1-c1ccccc1)c1ccccc1N3c1ccccc1. The van der Waals surface area contributed by atoms with Crippen LogP contribution in [0.5, 0.6) is 0 Å². The molecule has 9 aromatic rings. The molecule has 0 N–H and O–H groups in total. The molecule has 0 radical (unpaired) electrons. The Morgan fingerprint density at radius 2 is 0.678 bits per heavy atom. The van der Waals surface area contributed by atoms with E-state index in [2.05, 4.69) is 241 Å². The zero-order valence-electron chi connectivity index (χ0n) is 32.9. The van der Waals surface area contributed by atoms with E-state index >= 15 is 0 Å². The molecule has 0 aliphatic carbocycles. The van der Waals surface area contributed by atoms with Crippen LogP contribution in [0.4, 0.5) is 34.1 Å². The molecule has 2 heterocycles. The number of para-hydroxylation sites is 3. The van der Waals surface area contributed by atoms with Crippen molar-refractivity contribution in [3.8, 4) is 22.3 Å². The summed E-state index contributed by atoms with van der Waals surface area (Å²) in [5.41, 5.74) is 21.0. The van der Waals surface area contributed by atoms with Gasteiger partial charge in [-0.15, -0.1) is 0 Å². The minimum absolute atomic E-state index is 0.0301. The first-order valence-electron chi connectivity index (χ1n) is 20.6. The first kappa shape index (κ1) is 34.9. The Kier molecular flexibility index (Phi) is 8.63. The van der Waals surface area contributed by atoms with E-state index < -0.39 is 0 Å². The molecular formula is C55H40B2N2. The highest BCUT2D eigenvalue weighted by molar-refractivity contribution is 7.01. The molecule has 276 valence electrons. The second-order valence-corrected chi connectivity index (χ2v) is 15.7. The number of hydrogen-bond donors (Lipinski definition) is 0. The van der Waals surface area contributed by atoms with Gasteiger partial charge in [0, 0.05) is 34.1 Å². The zero-order chi connectivity index (χ0) is 39.3. The van der Waals surface area contributed by atoms with Gasteiger partial charge < -0.3 is 9.80 Å². The summed E-state index contributed by atoms with van der Waals surface area (Å²) in [7, 11) is 0. The normalized spacial score (nSPS) is 12.7. The highest BCUT2D eigenvalue weighted by atomic mass is 15.2. The van der Waals surface area contributed by atoms with Gasteiger partial charge in [0.15, 0.2) is 0 Å². The summed E-state index contributed by atoms with van der Waals surface area (Å²) in [4.78, 5) is 5.00. The van der Waals surface area contributed by atoms with Gasteiger partial charge in [0.2, 0.25) is 13.4 Å². The predicted molar refractivity (Wildman–Crippen MR) is 254 cm³/mol. The third-order valence-corrected chi connectivity index (χ3v) is 12.2. The lowest BCUT2D eigenvalue weighted by Gasteiger charge is -2.42. The van der Waals surface area contributed by atoms with E-state index in [1.807, 2.05) is 0 Å². The monoisotopic (exact) mass is 750 g/mol. The van der Waals surface area contributed by atoms with E-state index in [1.54, 1.807) is 0 Å². The van der Waals surface area contributed by atoms with Gasteiger partial charge in [-0.2, -0.15) is 0 Å². The average Bonchev–Trinajstić information content (AvgIpc) is 3.30. The van der Waals surface area contributed by atoms with Crippen molar-refractivity contribution in [2.24, 2.45) is 0 Å². The van der Waals surface area contributed by atoms with Gasteiger partial charge in [-0.3, -0.25) is 0 Å². The van der Waals surface area contributed by atoms with Crippen molar-refractivity contribution >= 4 is 80.3 Å². The predicted octanol–water partition coefficient (Wildman–Crippen LogP) is 9.93. The third-order valence-electron chi connectivity index (χ3n) is 12.2. The lowest BCUT2D eigenvalue weighted by Crippen LogP contribution is -2.62. The first-order valence-corrected chi connectivity index (χ1v) is 20.6. The maximum atomic E-state index is 2.58. The molecule has 0 aromatic heterocycles. The molecule has 59 heavy (non-hydrogen) atoms. The van der Waals surface area contributed by atoms with Crippen LogP contribution in [-0.4, -0.2) is 13.4 Å². The van der Waals surface area contributed by atoms with Crippen LogP contribution in [0.3, 0.4) is 0 Å². The number of rotatable bonds is 6. The molecule has 4 heteroatoms. The standard InChI is InChI=1S/C55H40B2N2/c1-39-34-35-49-53(36-39)59(43-26-12-5-13-27-43)55-38-54-50(37-51(55)57(49)47-31-17-15-29-45(47)41-22-8-3-9-23-41)56(46-30-16-14-28-44(46)40-20-6-2-7-21-40)48-32-18-19-33-52(48)58(54)42-24-10-4-11-25-42/h2-38H,1H3. The van der Waals surface area contributed by atoms with Gasteiger partial charge in [0.25, 0.3) is 0 Å². The summed E-state index contributed by atoms with van der Waals surface area (Å²) in [6.45, 7) is 2.15. The van der Waals surface area contributed by atoms with Gasteiger partial charge in [0.05, 0.1) is 0 Å². The molecule has 0 amide bonds. The van der Waals surface area contributed by atoms with Crippen LogP contribution in [0.1, 0.15) is 5.56 Å². The van der Waals surface area contributed by atoms with E-state index in [4.69, 9.17) is 0 Å². The average molecular weight is 751 g/mol. The van der Waals surface area contributed by atoms with Gasteiger partial charge in [-0.1, -0.05) is 193 Å². The number of hydrogen-bond acceptors (Lipinski definition) is 2. The molecule has 0 saturated heterocycles. The third kappa shape index (κ3) is 5.91. The maximum Gasteiger partial charge on any atom is 0.247 e. The van der Waals surface area contributed by atoms with E-state index in [9.17, 15) is 0 Å². The van der Waals surface area contributed by atoms with Crippen molar-refractivity contribution in [2.75, 3.05) is 9.80 Å². The maximum absolute atomic E-state index is 2.58. The van der Waals surface area contributed by atoms with Crippen LogP contribution < -0.4 is 42.6 Å². The second-order valence-electron chi connectivity index (χ2n) is 15.7. The summed E-state index contributed by atoms with van der Waals surface area (Å²) in [6, 6.07) is 82.8. The minimum atomic E-state index is -0.0327. The Balaban J connectivity index is 1.27. The van der Waals surface area contributed by atoms with E-state index in [0.29, 0.717) is 0 Å². The van der Waals surface area contributed by atoms with E-state index in [1.165, 1.54) is 83.3 Å². The molecule has 0 fully saturated rings. The van der Waals surface area contributed by atoms with Crippen LogP contribution in [0.15, 0.2) is 224 Å². The molecule has 2 nitrogen and oxygen atoms in total. The second kappa shape index (κ2) is 14.6. The largest absolute Gasteiger partial charge is 0.311 e. The summed E-state index contributed by atoms with van der Waals surface area (Å²) in [5.74, 6) is 0. The molecule has 0 spiro atoms. The highest BCUT2D eigenvalue weighted by Crippen LogP contribution is 2.42. The lowest BCUT2D eigenvalue weighted by atomic mass is 9.31. The van der Waals surface area contributed by atoms with E-state index in [-0.39, 0.29) is 13.4 Å². The number of anilines is 6. The van der Waals surface area contributed by atoms with Crippen LogP contribution in [0.25, 0.3) is 22.3 Å². The Morgan fingerprint density at radius 1 is 0.288 bits per heavy atom. The molecule has 2 aliphatic rings. The molecule has 0 unspecified atom stereocenters. The van der Waals surface area contributed by atoms with Crippen molar-refractivity contribution in [2.45, 2.75) is 6.92 Å². The summed E-state index contributed by atoms with van der Waals surface area (Å²) in [5, 5.41) is 0. The molecule has 9 aromatic carbocycles. The number of benzene rings is 9. The van der Waals surface area contributed by atoms with Crippen molar-refractivity contribution in [1.82, 2.24) is 0 Å². The van der Waals surface area contributed by atoms with Gasteiger partial charge in [-0.05, 0) is 99.1 Å². The van der Waals surface area contributed by atoms with Crippen molar-refractivity contribution in [1.29, 1.82) is 0 Å². The number of fused-ring (bicyclic) bond motifs is 4. The topological polar surface area (TPSA) is 6.48 Å². The Morgan fingerprint density at radius 3 is 1.20 bits per heavy atom. The van der Waals surface area contributed by atoms with Gasteiger partial charge >= 0.3 is 0 Å². The summed E-state index contributed by atoms with van der Waals surface area (Å²) >= 11 is 0. The van der Waals surface area contributed by atoms with Crippen molar-refractivity contribution < 1.29 is 0 Å². The Bertz CT molecular complexity index is 2970. The molecule has 0 bridgehead atoms. The summed E-state index contributed by atoms with van der Waals surface area (Å²) in [6.07, 6.45) is 0. The molecular weight excluding hydrogens is 710 g/mol. The quantitative estimate of drug-likeness (QED) is 0.156. The van der Waals surface area contributed by atoms with Gasteiger partial charge in [0.1, 0.15) is 0 Å². The zero-order valence-corrected chi connectivity index (χ0v) is 32.9. The van der Waals surface area contributed by atoms with Crippen molar-refractivity contribution in [3.63, 3.8) is 0 Å². The van der Waals surface area contributed by atoms with Crippen LogP contribution >= 0.6 is 0 Å². The number of nitrogens with zero attached hydrogens (tertiary/aromatic N) is 2.